The molecule has 1 aliphatic rings. The second-order valence-electron chi connectivity index (χ2n) is 5.98. The predicted octanol–water partition coefficient (Wildman–Crippen LogP) is 2.03. The number of allylic oxidation sites excluding steroid dienone is 3. The van der Waals surface area contributed by atoms with Gasteiger partial charge in [-0.25, -0.2) is 4.68 Å². The van der Waals surface area contributed by atoms with Crippen molar-refractivity contribution in [3.8, 4) is 0 Å². The molecule has 25 heavy (non-hydrogen) atoms. The molecule has 128 valence electrons. The van der Waals surface area contributed by atoms with Gasteiger partial charge >= 0.3 is 0 Å². The number of nitrogens with one attached hydrogen (secondary N) is 1. The molecule has 0 radical (unpaired) electrons. The lowest BCUT2D eigenvalue weighted by molar-refractivity contribution is 0.440. The number of nitrogens with zero attached hydrogens (tertiary/aromatic N) is 5. The van der Waals surface area contributed by atoms with Gasteiger partial charge < -0.3 is 5.01 Å². The lowest BCUT2D eigenvalue weighted by Crippen LogP contribution is -2.17. The number of rotatable bonds is 5. The van der Waals surface area contributed by atoms with E-state index in [2.05, 4.69) is 39.1 Å². The summed E-state index contributed by atoms with van der Waals surface area (Å²) in [6, 6.07) is 1.51. The number of H-pyrrole nitrogens is 1. The van der Waals surface area contributed by atoms with Gasteiger partial charge in [0.1, 0.15) is 5.69 Å². The van der Waals surface area contributed by atoms with Crippen molar-refractivity contribution in [2.24, 2.45) is 5.10 Å². The van der Waals surface area contributed by atoms with Crippen molar-refractivity contribution in [3.63, 3.8) is 0 Å². The summed E-state index contributed by atoms with van der Waals surface area (Å²) in [7, 11) is 3.65. The van der Waals surface area contributed by atoms with E-state index in [9.17, 15) is 4.79 Å². The number of fused-ring (bicyclic) bond motifs is 1. The average Bonchev–Trinajstić information content (AvgIpc) is 2.93. The average molecular weight is 336 g/mol. The molecule has 1 N–H and O–H groups in total. The van der Waals surface area contributed by atoms with Crippen LogP contribution in [-0.4, -0.2) is 45.3 Å². The van der Waals surface area contributed by atoms with Gasteiger partial charge in [-0.05, 0) is 12.5 Å². The van der Waals surface area contributed by atoms with Crippen molar-refractivity contribution < 1.29 is 0 Å². The molecule has 0 bridgehead atoms. The quantitative estimate of drug-likeness (QED) is 0.669. The Morgan fingerprint density at radius 3 is 3.16 bits per heavy atom. The van der Waals surface area contributed by atoms with Crippen molar-refractivity contribution in [1.82, 2.24) is 25.0 Å². The number of hydrogen-bond donors (Lipinski definition) is 1. The predicted molar refractivity (Wildman–Crippen MR) is 99.9 cm³/mol. The lowest BCUT2D eigenvalue weighted by atomic mass is 10.1. The standard InChI is InChI=1S/C18H20N6O/c1-13(11-20-23(2)3)24-8-7-18(25)17(22-24)10-14-5-4-6-16-15(9-14)12-19-21-16/h4,6-9,11-12H,1,5,10H2,2-3H3,(H,19,21)/b20-11-. The van der Waals surface area contributed by atoms with Crippen LogP contribution in [0, 0.1) is 0 Å². The summed E-state index contributed by atoms with van der Waals surface area (Å²) in [6.45, 7) is 3.94. The van der Waals surface area contributed by atoms with Gasteiger partial charge in [0.15, 0.2) is 0 Å². The Labute approximate surface area is 145 Å². The zero-order valence-corrected chi connectivity index (χ0v) is 14.3. The molecular formula is C18H20N6O. The molecule has 0 aromatic carbocycles. The Balaban J connectivity index is 1.86. The van der Waals surface area contributed by atoms with Gasteiger partial charge in [-0.1, -0.05) is 24.3 Å². The van der Waals surface area contributed by atoms with Gasteiger partial charge in [-0.3, -0.25) is 9.89 Å². The molecule has 0 atom stereocenters. The molecule has 0 saturated heterocycles. The van der Waals surface area contributed by atoms with Crippen LogP contribution >= 0.6 is 0 Å². The van der Waals surface area contributed by atoms with E-state index in [1.165, 1.54) is 6.07 Å². The topological polar surface area (TPSA) is 79.2 Å². The molecule has 2 aromatic heterocycles. The maximum Gasteiger partial charge on any atom is 0.203 e. The highest BCUT2D eigenvalue weighted by molar-refractivity contribution is 6.00. The van der Waals surface area contributed by atoms with Gasteiger partial charge in [0.2, 0.25) is 5.43 Å². The smallest absolute Gasteiger partial charge is 0.203 e. The van der Waals surface area contributed by atoms with Crippen molar-refractivity contribution in [3.05, 3.63) is 63.9 Å². The highest BCUT2D eigenvalue weighted by Crippen LogP contribution is 2.20. The summed E-state index contributed by atoms with van der Waals surface area (Å²) in [6.07, 6.45) is 12.3. The fraction of sp³-hybridized carbons (Fsp3) is 0.222. The maximum atomic E-state index is 12.2. The van der Waals surface area contributed by atoms with E-state index in [-0.39, 0.29) is 5.43 Å². The molecule has 0 unspecified atom stereocenters. The second-order valence-corrected chi connectivity index (χ2v) is 5.98. The Bertz CT molecular complexity index is 929. The van der Waals surface area contributed by atoms with E-state index >= 15 is 0 Å². The summed E-state index contributed by atoms with van der Waals surface area (Å²) in [5.74, 6) is 0. The van der Waals surface area contributed by atoms with Crippen LogP contribution in [0.25, 0.3) is 17.8 Å². The lowest BCUT2D eigenvalue weighted by Gasteiger charge is -2.09. The van der Waals surface area contributed by atoms with Crippen molar-refractivity contribution >= 4 is 24.1 Å². The third kappa shape index (κ3) is 4.00. The van der Waals surface area contributed by atoms with Gasteiger partial charge in [-0.2, -0.15) is 15.3 Å². The van der Waals surface area contributed by atoms with E-state index in [4.69, 9.17) is 0 Å². The molecule has 3 rings (SSSR count). The molecule has 0 saturated carbocycles. The minimum atomic E-state index is -0.0878. The van der Waals surface area contributed by atoms with Crippen LogP contribution in [0.1, 0.15) is 23.4 Å². The molecule has 2 heterocycles. The normalized spacial score (nSPS) is 13.4. The van der Waals surface area contributed by atoms with Gasteiger partial charge in [-0.15, -0.1) is 0 Å². The molecule has 0 fully saturated rings. The maximum absolute atomic E-state index is 12.2. The van der Waals surface area contributed by atoms with E-state index < -0.39 is 0 Å². The first kappa shape index (κ1) is 16.6. The molecular weight excluding hydrogens is 316 g/mol. The first-order valence-electron chi connectivity index (χ1n) is 7.92. The van der Waals surface area contributed by atoms with Crippen LogP contribution < -0.4 is 5.43 Å². The summed E-state index contributed by atoms with van der Waals surface area (Å²) in [5, 5.41) is 17.2. The van der Waals surface area contributed by atoms with E-state index in [0.717, 1.165) is 23.3 Å². The van der Waals surface area contributed by atoms with Crippen LogP contribution in [0.5, 0.6) is 0 Å². The van der Waals surface area contributed by atoms with Crippen molar-refractivity contribution in [2.45, 2.75) is 12.8 Å². The third-order valence-electron chi connectivity index (χ3n) is 3.73. The largest absolute Gasteiger partial charge is 0.303 e. The number of aromatic nitrogens is 4. The van der Waals surface area contributed by atoms with Crippen LogP contribution in [0.4, 0.5) is 0 Å². The van der Waals surface area contributed by atoms with Crippen LogP contribution in [0.3, 0.4) is 0 Å². The van der Waals surface area contributed by atoms with Crippen LogP contribution in [0.2, 0.25) is 0 Å². The second kappa shape index (κ2) is 7.12. The fourth-order valence-electron chi connectivity index (χ4n) is 2.47. The molecule has 2 aromatic rings. The van der Waals surface area contributed by atoms with Crippen LogP contribution in [-0.2, 0) is 6.42 Å². The molecule has 0 amide bonds. The summed E-state index contributed by atoms with van der Waals surface area (Å²) < 4.78 is 1.57. The Morgan fingerprint density at radius 1 is 1.52 bits per heavy atom. The molecule has 7 nitrogen and oxygen atoms in total. The zero-order valence-electron chi connectivity index (χ0n) is 14.3. The molecule has 1 aliphatic carbocycles. The minimum absolute atomic E-state index is 0.0878. The van der Waals surface area contributed by atoms with Gasteiger partial charge in [0, 0.05) is 38.3 Å². The highest BCUT2D eigenvalue weighted by atomic mass is 16.1. The van der Waals surface area contributed by atoms with Gasteiger partial charge in [0.05, 0.1) is 23.8 Å². The molecule has 7 heteroatoms. The third-order valence-corrected chi connectivity index (χ3v) is 3.73. The van der Waals surface area contributed by atoms with E-state index in [1.54, 1.807) is 28.3 Å². The van der Waals surface area contributed by atoms with E-state index in [1.807, 2.05) is 20.2 Å². The fourth-order valence-corrected chi connectivity index (χ4v) is 2.47. The first-order chi connectivity index (χ1) is 12.0. The summed E-state index contributed by atoms with van der Waals surface area (Å²) in [5.41, 5.74) is 4.07. The monoisotopic (exact) mass is 336 g/mol. The van der Waals surface area contributed by atoms with Gasteiger partial charge in [0.25, 0.3) is 0 Å². The van der Waals surface area contributed by atoms with E-state index in [0.29, 0.717) is 17.8 Å². The molecule has 0 spiro atoms. The Morgan fingerprint density at radius 2 is 2.36 bits per heavy atom. The zero-order chi connectivity index (χ0) is 17.8. The van der Waals surface area contributed by atoms with Crippen molar-refractivity contribution in [1.29, 1.82) is 0 Å². The summed E-state index contributed by atoms with van der Waals surface area (Å²) in [4.78, 5) is 12.2. The SMILES string of the molecule is C=C(/C=N\N(C)C)n1ccc(=O)c(CC2=Cc3cn[nH]c3C=CC2)n1. The van der Waals surface area contributed by atoms with Crippen molar-refractivity contribution in [2.75, 3.05) is 14.1 Å². The number of hydrazone groups is 1. The van der Waals surface area contributed by atoms with Crippen LogP contribution in [0.15, 0.2) is 46.6 Å². The molecule has 0 aliphatic heterocycles. The summed E-state index contributed by atoms with van der Waals surface area (Å²) >= 11 is 0. The first-order valence-corrected chi connectivity index (χ1v) is 7.92. The number of aromatic amines is 1. The Hall–Kier alpha value is -3.22. The highest BCUT2D eigenvalue weighted by Gasteiger charge is 2.10. The number of hydrogen-bond acceptors (Lipinski definition) is 5. The Kier molecular flexibility index (Phi) is 4.74. The minimum Gasteiger partial charge on any atom is -0.303 e.